The van der Waals surface area contributed by atoms with Gasteiger partial charge in [-0.2, -0.15) is 0 Å². The molecule has 314 valence electrons. The SMILES string of the molecule is CCCCS(CCCC)(CCCC)CC(=Nc1c(C)cc(C)cc1C)c1cccc(C(CS(CCCC)(CCCC)CCCC)=Nc2c(C)cc(C)cc2Cl)n1. The van der Waals surface area contributed by atoms with Crippen LogP contribution in [0.5, 0.6) is 0 Å². The molecule has 0 N–H and O–H groups in total. The van der Waals surface area contributed by atoms with E-state index in [1.54, 1.807) is 0 Å². The van der Waals surface area contributed by atoms with Crippen LogP contribution in [-0.2, 0) is 0 Å². The zero-order valence-electron chi connectivity index (χ0n) is 37.7. The van der Waals surface area contributed by atoms with Crippen molar-refractivity contribution in [3.05, 3.63) is 86.7 Å². The van der Waals surface area contributed by atoms with E-state index in [0.29, 0.717) is 0 Å². The first kappa shape index (κ1) is 48.3. The van der Waals surface area contributed by atoms with Gasteiger partial charge in [0.15, 0.2) is 0 Å². The van der Waals surface area contributed by atoms with Crippen molar-refractivity contribution in [2.45, 2.75) is 153 Å². The molecule has 0 fully saturated rings. The van der Waals surface area contributed by atoms with E-state index in [9.17, 15) is 0 Å². The molecule has 3 nitrogen and oxygen atoms in total. The highest BCUT2D eigenvalue weighted by Gasteiger charge is 2.29. The number of hydrogen-bond donors (Lipinski definition) is 0. The Morgan fingerprint density at radius 3 is 1.16 bits per heavy atom. The molecule has 6 heteroatoms. The van der Waals surface area contributed by atoms with Crippen LogP contribution < -0.4 is 0 Å². The molecule has 0 aliphatic carbocycles. The highest BCUT2D eigenvalue weighted by Crippen LogP contribution is 2.53. The summed E-state index contributed by atoms with van der Waals surface area (Å²) in [5, 5.41) is 0.733. The summed E-state index contributed by atoms with van der Waals surface area (Å²) in [7, 11) is -1.94. The molecular weight excluding hydrogens is 742 g/mol. The molecule has 0 radical (unpaired) electrons. The molecule has 0 saturated carbocycles. The minimum Gasteiger partial charge on any atom is -0.250 e. The molecule has 0 bridgehead atoms. The van der Waals surface area contributed by atoms with E-state index >= 15 is 0 Å². The lowest BCUT2D eigenvalue weighted by Gasteiger charge is -2.41. The second kappa shape index (κ2) is 24.8. The number of nitrogens with zero attached hydrogens (tertiary/aromatic N) is 3. The molecule has 0 aliphatic rings. The Morgan fingerprint density at radius 2 is 0.821 bits per heavy atom. The highest BCUT2D eigenvalue weighted by atomic mass is 35.5. The van der Waals surface area contributed by atoms with E-state index in [1.165, 1.54) is 140 Å². The Hall–Kier alpha value is -2.08. The third kappa shape index (κ3) is 14.6. The van der Waals surface area contributed by atoms with Crippen LogP contribution in [0.25, 0.3) is 0 Å². The van der Waals surface area contributed by atoms with Crippen LogP contribution in [0.15, 0.2) is 52.4 Å². The Kier molecular flexibility index (Phi) is 21.3. The van der Waals surface area contributed by atoms with Crippen LogP contribution in [0.3, 0.4) is 0 Å². The largest absolute Gasteiger partial charge is 0.250 e. The number of benzene rings is 2. The molecule has 0 aliphatic heterocycles. The molecule has 0 atom stereocenters. The fourth-order valence-electron chi connectivity index (χ4n) is 8.08. The molecule has 3 rings (SSSR count). The van der Waals surface area contributed by atoms with Crippen molar-refractivity contribution >= 4 is 54.5 Å². The molecule has 2 aromatic carbocycles. The number of unbranched alkanes of at least 4 members (excludes halogenated alkanes) is 6. The van der Waals surface area contributed by atoms with Crippen LogP contribution in [0.1, 0.15) is 158 Å². The standard InChI is InChI=1S/C50H80ClN3S2/c1-12-18-27-55(28-19-13-2,29-20-14-3)37-47(53-49-41(9)33-39(7)34-42(49)10)45-25-24-26-46(52-45)48(54-50-43(11)35-40(8)36-44(50)51)38-56(30-21-15-4,31-22-16-5)32-23-17-6/h24-26,33-36H,12-23,27-32,37-38H2,1-11H3. The second-order valence-corrected chi connectivity index (χ2v) is 25.1. The summed E-state index contributed by atoms with van der Waals surface area (Å²) in [6.07, 6.45) is 15.1. The van der Waals surface area contributed by atoms with Gasteiger partial charge in [0, 0.05) is 11.5 Å². The third-order valence-corrected chi connectivity index (χ3v) is 20.3. The van der Waals surface area contributed by atoms with E-state index in [-0.39, 0.29) is 0 Å². The van der Waals surface area contributed by atoms with Gasteiger partial charge in [-0.15, -0.1) is 0 Å². The van der Waals surface area contributed by atoms with Crippen LogP contribution >= 0.6 is 31.7 Å². The number of aliphatic imine (C=N–C) groups is 2. The van der Waals surface area contributed by atoms with Gasteiger partial charge >= 0.3 is 0 Å². The first-order valence-corrected chi connectivity index (χ1v) is 27.3. The molecule has 3 aromatic rings. The lowest BCUT2D eigenvalue weighted by atomic mass is 10.1. The molecule has 0 amide bonds. The number of rotatable bonds is 26. The number of aromatic nitrogens is 1. The van der Waals surface area contributed by atoms with E-state index in [1.807, 2.05) is 0 Å². The van der Waals surface area contributed by atoms with Crippen molar-refractivity contribution in [1.29, 1.82) is 0 Å². The fourth-order valence-corrected chi connectivity index (χ4v) is 17.5. The zero-order chi connectivity index (χ0) is 41.1. The maximum Gasteiger partial charge on any atom is 0.0860 e. The summed E-state index contributed by atoms with van der Waals surface area (Å²) < 4.78 is 0. The number of halogens is 1. The minimum atomic E-state index is -0.981. The minimum absolute atomic E-state index is 0.733. The predicted molar refractivity (Wildman–Crippen MR) is 262 cm³/mol. The summed E-state index contributed by atoms with van der Waals surface area (Å²) in [6, 6.07) is 15.6. The summed E-state index contributed by atoms with van der Waals surface area (Å²) in [5.41, 5.74) is 12.4. The number of aryl methyl sites for hydroxylation is 5. The van der Waals surface area contributed by atoms with Gasteiger partial charge in [-0.1, -0.05) is 121 Å². The summed E-state index contributed by atoms with van der Waals surface area (Å²) >= 11 is 7.06. The van der Waals surface area contributed by atoms with E-state index < -0.39 is 20.1 Å². The van der Waals surface area contributed by atoms with Gasteiger partial charge in [0.25, 0.3) is 0 Å². The smallest absolute Gasteiger partial charge is 0.0860 e. The number of pyridine rings is 1. The van der Waals surface area contributed by atoms with Crippen molar-refractivity contribution in [3.8, 4) is 0 Å². The van der Waals surface area contributed by atoms with E-state index in [2.05, 4.69) is 119 Å². The Balaban J connectivity index is 2.38. The lowest BCUT2D eigenvalue weighted by molar-refractivity contribution is 0.847. The Bertz CT molecular complexity index is 1500. The average molecular weight is 823 g/mol. The topological polar surface area (TPSA) is 37.6 Å². The van der Waals surface area contributed by atoms with Crippen molar-refractivity contribution in [3.63, 3.8) is 0 Å². The van der Waals surface area contributed by atoms with Gasteiger partial charge in [-0.05, 0) is 148 Å². The molecule has 1 heterocycles. The molecule has 0 spiro atoms. The summed E-state index contributed by atoms with van der Waals surface area (Å²) in [4.78, 5) is 17.0. The Labute approximate surface area is 353 Å². The average Bonchev–Trinajstić information content (AvgIpc) is 3.17. The van der Waals surface area contributed by atoms with Gasteiger partial charge in [-0.3, -0.25) is 0 Å². The predicted octanol–water partition coefficient (Wildman–Crippen LogP) is 15.9. The van der Waals surface area contributed by atoms with Crippen molar-refractivity contribution < 1.29 is 0 Å². The molecular formula is C50H80ClN3S2. The summed E-state index contributed by atoms with van der Waals surface area (Å²) in [5.74, 6) is 9.91. The fraction of sp³-hybridized carbons (Fsp3) is 0.620. The van der Waals surface area contributed by atoms with Gasteiger partial charge in [0.2, 0.25) is 0 Å². The molecule has 1 aromatic heterocycles. The Morgan fingerprint density at radius 1 is 0.500 bits per heavy atom. The van der Waals surface area contributed by atoms with Gasteiger partial charge in [0.1, 0.15) is 0 Å². The molecule has 0 saturated heterocycles. The quantitative estimate of drug-likeness (QED) is 0.0743. The van der Waals surface area contributed by atoms with E-state index in [4.69, 9.17) is 26.6 Å². The molecule has 0 unspecified atom stereocenters. The van der Waals surface area contributed by atoms with Gasteiger partial charge in [-0.25, -0.2) is 35.0 Å². The third-order valence-electron chi connectivity index (χ3n) is 11.3. The van der Waals surface area contributed by atoms with Crippen LogP contribution in [0.2, 0.25) is 5.02 Å². The highest BCUT2D eigenvalue weighted by molar-refractivity contribution is 8.34. The summed E-state index contributed by atoms with van der Waals surface area (Å²) in [6.45, 7) is 25.1. The lowest BCUT2D eigenvalue weighted by Crippen LogP contribution is -2.26. The monoisotopic (exact) mass is 822 g/mol. The van der Waals surface area contributed by atoms with Gasteiger partial charge in [0.05, 0.1) is 39.2 Å². The van der Waals surface area contributed by atoms with Crippen LogP contribution in [-0.4, -0.2) is 62.4 Å². The van der Waals surface area contributed by atoms with Crippen molar-refractivity contribution in [1.82, 2.24) is 4.98 Å². The first-order chi connectivity index (χ1) is 26.9. The van der Waals surface area contributed by atoms with E-state index in [0.717, 1.165) is 50.6 Å². The maximum atomic E-state index is 7.06. The zero-order valence-corrected chi connectivity index (χ0v) is 40.1. The first-order valence-electron chi connectivity index (χ1n) is 22.3. The number of hydrogen-bond acceptors (Lipinski definition) is 3. The maximum absolute atomic E-state index is 7.06. The van der Waals surface area contributed by atoms with Crippen molar-refractivity contribution in [2.75, 3.05) is 46.0 Å². The van der Waals surface area contributed by atoms with Gasteiger partial charge < -0.3 is 0 Å². The van der Waals surface area contributed by atoms with Crippen LogP contribution in [0, 0.1) is 34.6 Å². The van der Waals surface area contributed by atoms with Crippen LogP contribution in [0.4, 0.5) is 11.4 Å². The second-order valence-electron chi connectivity index (χ2n) is 16.8. The normalized spacial score (nSPS) is 13.4. The molecule has 56 heavy (non-hydrogen) atoms. The van der Waals surface area contributed by atoms with Crippen molar-refractivity contribution in [2.24, 2.45) is 9.98 Å².